The molecule has 1 aliphatic rings. The van der Waals surface area contributed by atoms with Crippen LogP contribution in [-0.4, -0.2) is 42.6 Å². The van der Waals surface area contributed by atoms with Gasteiger partial charge < -0.3 is 14.1 Å². The summed E-state index contributed by atoms with van der Waals surface area (Å²) in [6, 6.07) is 3.06. The van der Waals surface area contributed by atoms with Crippen molar-refractivity contribution in [3.63, 3.8) is 0 Å². The molecule has 98 valence electrons. The van der Waals surface area contributed by atoms with E-state index >= 15 is 0 Å². The summed E-state index contributed by atoms with van der Waals surface area (Å²) >= 11 is 3.08. The highest BCUT2D eigenvalue weighted by molar-refractivity contribution is 9.10. The van der Waals surface area contributed by atoms with Crippen LogP contribution in [0.5, 0.6) is 0 Å². The molecule has 1 amide bonds. The van der Waals surface area contributed by atoms with Gasteiger partial charge in [-0.3, -0.25) is 4.79 Å². The van der Waals surface area contributed by atoms with E-state index in [1.54, 1.807) is 6.07 Å². The van der Waals surface area contributed by atoms with Crippen LogP contribution in [0.3, 0.4) is 0 Å². The lowest BCUT2D eigenvalue weighted by Crippen LogP contribution is -2.39. The minimum Gasteiger partial charge on any atom is -0.467 e. The molecule has 1 aromatic heterocycles. The molecular weight excluding hydrogens is 309 g/mol. The van der Waals surface area contributed by atoms with E-state index in [9.17, 15) is 14.0 Å². The van der Waals surface area contributed by atoms with Gasteiger partial charge in [0, 0.05) is 13.0 Å². The van der Waals surface area contributed by atoms with Gasteiger partial charge in [-0.2, -0.15) is 0 Å². The molecule has 7 heteroatoms. The van der Waals surface area contributed by atoms with Gasteiger partial charge in [0.2, 0.25) is 5.67 Å². The normalized spacial score (nSPS) is 23.2. The van der Waals surface area contributed by atoms with Crippen LogP contribution in [0.2, 0.25) is 0 Å². The third-order valence-corrected chi connectivity index (χ3v) is 3.27. The zero-order valence-corrected chi connectivity index (χ0v) is 11.2. The Morgan fingerprint density at radius 3 is 2.83 bits per heavy atom. The van der Waals surface area contributed by atoms with Crippen molar-refractivity contribution in [2.24, 2.45) is 0 Å². The lowest BCUT2D eigenvalue weighted by Gasteiger charge is -2.17. The highest BCUT2D eigenvalue weighted by Gasteiger charge is 2.48. The fraction of sp³-hybridized carbons (Fsp3) is 0.455. The van der Waals surface area contributed by atoms with Crippen molar-refractivity contribution in [3.8, 4) is 0 Å². The summed E-state index contributed by atoms with van der Waals surface area (Å²) in [5.41, 5.74) is -2.12. The first-order chi connectivity index (χ1) is 8.46. The van der Waals surface area contributed by atoms with E-state index in [4.69, 9.17) is 4.42 Å². The van der Waals surface area contributed by atoms with Crippen molar-refractivity contribution in [1.82, 2.24) is 4.90 Å². The summed E-state index contributed by atoms with van der Waals surface area (Å²) in [4.78, 5) is 24.5. The van der Waals surface area contributed by atoms with E-state index in [1.807, 2.05) is 0 Å². The third-order valence-electron chi connectivity index (χ3n) is 2.84. The Morgan fingerprint density at radius 1 is 1.56 bits per heavy atom. The van der Waals surface area contributed by atoms with Crippen LogP contribution in [-0.2, 0) is 9.53 Å². The quantitative estimate of drug-likeness (QED) is 0.779. The topological polar surface area (TPSA) is 59.8 Å². The fourth-order valence-electron chi connectivity index (χ4n) is 1.88. The number of hydrogen-bond acceptors (Lipinski definition) is 4. The zero-order chi connectivity index (χ0) is 13.3. The molecule has 2 rings (SSSR count). The van der Waals surface area contributed by atoms with Gasteiger partial charge in [-0.05, 0) is 28.1 Å². The van der Waals surface area contributed by atoms with Crippen LogP contribution in [0, 0.1) is 0 Å². The molecule has 0 N–H and O–H groups in total. The number of carbonyl (C=O) groups is 2. The number of rotatable bonds is 2. The van der Waals surface area contributed by atoms with Crippen molar-refractivity contribution >= 4 is 27.8 Å². The molecule has 2 heterocycles. The molecule has 1 atom stereocenters. The second-order valence-electron chi connectivity index (χ2n) is 4.04. The lowest BCUT2D eigenvalue weighted by atomic mass is 10.1. The first-order valence-corrected chi connectivity index (χ1v) is 6.07. The van der Waals surface area contributed by atoms with E-state index in [-0.39, 0.29) is 25.3 Å². The maximum atomic E-state index is 14.1. The molecule has 5 nitrogen and oxygen atoms in total. The Bertz CT molecular complexity index is 489. The molecule has 1 aromatic rings. The van der Waals surface area contributed by atoms with Gasteiger partial charge in [-0.15, -0.1) is 0 Å². The summed E-state index contributed by atoms with van der Waals surface area (Å²) in [6.07, 6.45) is -0.0622. The van der Waals surface area contributed by atoms with Gasteiger partial charge >= 0.3 is 5.97 Å². The van der Waals surface area contributed by atoms with Gasteiger partial charge in [-0.1, -0.05) is 0 Å². The Kier molecular flexibility index (Phi) is 3.43. The van der Waals surface area contributed by atoms with E-state index in [0.717, 1.165) is 7.11 Å². The highest BCUT2D eigenvalue weighted by Crippen LogP contribution is 2.28. The molecule has 0 unspecified atom stereocenters. The van der Waals surface area contributed by atoms with E-state index in [2.05, 4.69) is 20.7 Å². The molecule has 0 bridgehead atoms. The predicted octanol–water partition coefficient (Wildman–Crippen LogP) is 1.77. The summed E-state index contributed by atoms with van der Waals surface area (Å²) in [5.74, 6) is -1.28. The molecular formula is C11H11BrFNO4. The lowest BCUT2D eigenvalue weighted by molar-refractivity contribution is -0.153. The van der Waals surface area contributed by atoms with Gasteiger partial charge in [0.15, 0.2) is 10.4 Å². The second-order valence-corrected chi connectivity index (χ2v) is 4.82. The standard InChI is InChI=1S/C11H11BrFNO4/c1-17-10(16)11(13)4-5-14(6-11)9(15)7-2-3-8(12)18-7/h2-3H,4-6H2,1H3/t11-/m0/s1. The molecule has 1 aliphatic heterocycles. The molecule has 0 aliphatic carbocycles. The molecule has 1 fully saturated rings. The van der Waals surface area contributed by atoms with Crippen LogP contribution < -0.4 is 0 Å². The Balaban J connectivity index is 2.09. The Hall–Kier alpha value is -1.37. The maximum absolute atomic E-state index is 14.1. The van der Waals surface area contributed by atoms with Crippen molar-refractivity contribution in [2.45, 2.75) is 12.1 Å². The number of esters is 1. The number of methoxy groups -OCH3 is 1. The van der Waals surface area contributed by atoms with E-state index < -0.39 is 17.5 Å². The van der Waals surface area contributed by atoms with Crippen LogP contribution in [0.15, 0.2) is 21.2 Å². The van der Waals surface area contributed by atoms with Crippen LogP contribution in [0.4, 0.5) is 4.39 Å². The van der Waals surface area contributed by atoms with Crippen molar-refractivity contribution < 1.29 is 23.1 Å². The number of carbonyl (C=O) groups excluding carboxylic acids is 2. The summed E-state index contributed by atoms with van der Waals surface area (Å²) in [6.45, 7) is -0.153. The SMILES string of the molecule is COC(=O)[C@]1(F)CCN(C(=O)c2ccc(Br)o2)C1. The molecule has 1 saturated heterocycles. The predicted molar refractivity (Wildman–Crippen MR) is 62.8 cm³/mol. The van der Waals surface area contributed by atoms with Crippen molar-refractivity contribution in [2.75, 3.05) is 20.2 Å². The summed E-state index contributed by atoms with van der Waals surface area (Å²) < 4.78 is 24.0. The number of likely N-dealkylation sites (tertiary alicyclic amines) is 1. The fourth-order valence-corrected chi connectivity index (χ4v) is 2.19. The smallest absolute Gasteiger partial charge is 0.345 e. The number of ether oxygens (including phenoxy) is 1. The van der Waals surface area contributed by atoms with E-state index in [0.29, 0.717) is 4.67 Å². The van der Waals surface area contributed by atoms with Crippen LogP contribution >= 0.6 is 15.9 Å². The first-order valence-electron chi connectivity index (χ1n) is 5.28. The monoisotopic (exact) mass is 319 g/mol. The molecule has 0 saturated carbocycles. The molecule has 18 heavy (non-hydrogen) atoms. The summed E-state index contributed by atoms with van der Waals surface area (Å²) in [5, 5.41) is 0. The number of furan rings is 1. The van der Waals surface area contributed by atoms with Crippen molar-refractivity contribution in [1.29, 1.82) is 0 Å². The second kappa shape index (κ2) is 4.72. The molecule has 0 spiro atoms. The zero-order valence-electron chi connectivity index (χ0n) is 9.61. The Morgan fingerprint density at radius 2 is 2.28 bits per heavy atom. The van der Waals surface area contributed by atoms with Crippen LogP contribution in [0.25, 0.3) is 0 Å². The number of alkyl halides is 1. The number of hydrogen-bond donors (Lipinski definition) is 0. The largest absolute Gasteiger partial charge is 0.467 e. The number of halogens is 2. The first kappa shape index (κ1) is 13.1. The molecule has 0 radical (unpaired) electrons. The Labute approximate surface area is 111 Å². The average Bonchev–Trinajstić information content (AvgIpc) is 2.95. The maximum Gasteiger partial charge on any atom is 0.345 e. The minimum atomic E-state index is -2.12. The number of nitrogens with zero attached hydrogens (tertiary/aromatic N) is 1. The van der Waals surface area contributed by atoms with Crippen molar-refractivity contribution in [3.05, 3.63) is 22.6 Å². The average molecular weight is 320 g/mol. The van der Waals surface area contributed by atoms with Gasteiger partial charge in [0.1, 0.15) is 0 Å². The minimum absolute atomic E-state index is 0.0622. The third kappa shape index (κ3) is 2.27. The highest BCUT2D eigenvalue weighted by atomic mass is 79.9. The van der Waals surface area contributed by atoms with E-state index in [1.165, 1.54) is 11.0 Å². The van der Waals surface area contributed by atoms with Gasteiger partial charge in [-0.25, -0.2) is 9.18 Å². The van der Waals surface area contributed by atoms with Gasteiger partial charge in [0.05, 0.1) is 13.7 Å². The summed E-state index contributed by atoms with van der Waals surface area (Å²) in [7, 11) is 1.12. The van der Waals surface area contributed by atoms with Gasteiger partial charge in [0.25, 0.3) is 5.91 Å². The number of amides is 1. The molecule has 0 aromatic carbocycles. The van der Waals surface area contributed by atoms with Crippen LogP contribution in [0.1, 0.15) is 17.0 Å².